The fraction of sp³-hybridized carbons (Fsp3) is 0.364. The molecule has 0 saturated carbocycles. The van der Waals surface area contributed by atoms with Crippen LogP contribution in [0.4, 0.5) is 16.2 Å². The van der Waals surface area contributed by atoms with Gasteiger partial charge in [0, 0.05) is 19.2 Å². The van der Waals surface area contributed by atoms with Crippen molar-refractivity contribution in [2.24, 2.45) is 0 Å². The first kappa shape index (κ1) is 14.7. The highest BCUT2D eigenvalue weighted by molar-refractivity contribution is 5.64. The summed E-state index contributed by atoms with van der Waals surface area (Å²) in [7, 11) is 0. The van der Waals surface area contributed by atoms with Gasteiger partial charge in [0.05, 0.1) is 18.1 Å². The maximum absolute atomic E-state index is 10.7. The zero-order chi connectivity index (χ0) is 14.1. The molecule has 0 saturated heterocycles. The standard InChI is InChI=1S/C11H15N3O5/c15-11(16)13-6-8-19-7-5-12-9-3-1-2-4-10(9)14(17)18/h1-4,12-13H,5-8H2,(H,15,16). The Kier molecular flexibility index (Phi) is 6.10. The number of para-hydroxylation sites is 2. The third kappa shape index (κ3) is 5.68. The van der Waals surface area contributed by atoms with Gasteiger partial charge in [-0.3, -0.25) is 10.1 Å². The summed E-state index contributed by atoms with van der Waals surface area (Å²) in [6.07, 6.45) is -1.10. The Morgan fingerprint density at radius 2 is 2.00 bits per heavy atom. The molecule has 3 N–H and O–H groups in total. The number of benzene rings is 1. The lowest BCUT2D eigenvalue weighted by Gasteiger charge is -2.07. The average Bonchev–Trinajstić information content (AvgIpc) is 2.37. The molecule has 8 nitrogen and oxygen atoms in total. The first-order chi connectivity index (χ1) is 9.11. The minimum Gasteiger partial charge on any atom is -0.465 e. The predicted molar refractivity (Wildman–Crippen MR) is 68.4 cm³/mol. The molecule has 0 spiro atoms. The second kappa shape index (κ2) is 7.88. The average molecular weight is 269 g/mol. The van der Waals surface area contributed by atoms with Gasteiger partial charge in [-0.25, -0.2) is 4.79 Å². The summed E-state index contributed by atoms with van der Waals surface area (Å²) < 4.78 is 5.15. The van der Waals surface area contributed by atoms with Crippen LogP contribution in [0, 0.1) is 10.1 Å². The Hall–Kier alpha value is -2.35. The van der Waals surface area contributed by atoms with Crippen LogP contribution in [0.25, 0.3) is 0 Å². The van der Waals surface area contributed by atoms with E-state index >= 15 is 0 Å². The summed E-state index contributed by atoms with van der Waals surface area (Å²) in [5.74, 6) is 0. The van der Waals surface area contributed by atoms with Crippen LogP contribution in [-0.2, 0) is 4.74 Å². The molecule has 1 aromatic rings. The molecule has 104 valence electrons. The molecule has 0 aliphatic carbocycles. The normalized spacial score (nSPS) is 9.89. The monoisotopic (exact) mass is 269 g/mol. The summed E-state index contributed by atoms with van der Waals surface area (Å²) in [5.41, 5.74) is 0.440. The zero-order valence-corrected chi connectivity index (χ0v) is 10.2. The van der Waals surface area contributed by atoms with E-state index in [9.17, 15) is 14.9 Å². The summed E-state index contributed by atoms with van der Waals surface area (Å²) in [4.78, 5) is 20.4. The summed E-state index contributed by atoms with van der Waals surface area (Å²) in [5, 5.41) is 24.1. The maximum atomic E-state index is 10.7. The minimum absolute atomic E-state index is 0.00930. The Bertz CT molecular complexity index is 438. The second-order valence-electron chi connectivity index (χ2n) is 3.55. The SMILES string of the molecule is O=C(O)NCCOCCNc1ccccc1[N+](=O)[O-]. The maximum Gasteiger partial charge on any atom is 0.404 e. The summed E-state index contributed by atoms with van der Waals surface area (Å²) in [6.45, 7) is 1.19. The summed E-state index contributed by atoms with van der Waals surface area (Å²) >= 11 is 0. The molecule has 0 heterocycles. The highest BCUT2D eigenvalue weighted by atomic mass is 16.6. The van der Waals surface area contributed by atoms with Gasteiger partial charge in [-0.05, 0) is 6.07 Å². The fourth-order valence-electron chi connectivity index (χ4n) is 1.37. The third-order valence-corrected chi connectivity index (χ3v) is 2.19. The molecule has 0 atom stereocenters. The molecule has 1 aromatic carbocycles. The number of nitro groups is 1. The van der Waals surface area contributed by atoms with E-state index in [0.29, 0.717) is 18.8 Å². The van der Waals surface area contributed by atoms with Crippen LogP contribution in [0.2, 0.25) is 0 Å². The van der Waals surface area contributed by atoms with Crippen molar-refractivity contribution in [3.63, 3.8) is 0 Å². The number of nitro benzene ring substituents is 1. The van der Waals surface area contributed by atoms with Gasteiger partial charge in [0.1, 0.15) is 5.69 Å². The quantitative estimate of drug-likeness (QED) is 0.372. The molecule has 19 heavy (non-hydrogen) atoms. The molecular weight excluding hydrogens is 254 g/mol. The molecule has 0 aliphatic heterocycles. The van der Waals surface area contributed by atoms with Gasteiger partial charge in [0.25, 0.3) is 5.69 Å². The molecule has 1 amide bonds. The van der Waals surface area contributed by atoms with Gasteiger partial charge in [0.2, 0.25) is 0 Å². The first-order valence-corrected chi connectivity index (χ1v) is 5.63. The van der Waals surface area contributed by atoms with Crippen molar-refractivity contribution in [3.8, 4) is 0 Å². The third-order valence-electron chi connectivity index (χ3n) is 2.19. The van der Waals surface area contributed by atoms with Crippen LogP contribution >= 0.6 is 0 Å². The number of ether oxygens (including phenoxy) is 1. The van der Waals surface area contributed by atoms with Gasteiger partial charge < -0.3 is 20.5 Å². The lowest BCUT2D eigenvalue weighted by atomic mass is 10.2. The number of anilines is 1. The molecule has 8 heteroatoms. The van der Waals surface area contributed by atoms with E-state index in [2.05, 4.69) is 10.6 Å². The molecule has 0 unspecified atom stereocenters. The number of carboxylic acid groups (broad SMARTS) is 1. The number of rotatable bonds is 8. The van der Waals surface area contributed by atoms with Crippen molar-refractivity contribution >= 4 is 17.5 Å². The highest BCUT2D eigenvalue weighted by Gasteiger charge is 2.10. The number of amides is 1. The number of hydrogen-bond donors (Lipinski definition) is 3. The van der Waals surface area contributed by atoms with Gasteiger partial charge in [-0.1, -0.05) is 12.1 Å². The Morgan fingerprint density at radius 3 is 2.68 bits per heavy atom. The number of nitrogens with one attached hydrogen (secondary N) is 2. The molecule has 0 aromatic heterocycles. The van der Waals surface area contributed by atoms with E-state index in [4.69, 9.17) is 9.84 Å². The van der Waals surface area contributed by atoms with Crippen LogP contribution in [0.3, 0.4) is 0 Å². The predicted octanol–water partition coefficient (Wildman–Crippen LogP) is 1.29. The van der Waals surface area contributed by atoms with Gasteiger partial charge in [0.15, 0.2) is 0 Å². The number of carbonyl (C=O) groups is 1. The van der Waals surface area contributed by atoms with E-state index in [0.717, 1.165) is 0 Å². The Morgan fingerprint density at radius 1 is 1.32 bits per heavy atom. The topological polar surface area (TPSA) is 114 Å². The van der Waals surface area contributed by atoms with Crippen molar-refractivity contribution in [3.05, 3.63) is 34.4 Å². The van der Waals surface area contributed by atoms with E-state index in [1.807, 2.05) is 0 Å². The molecule has 0 radical (unpaired) electrons. The smallest absolute Gasteiger partial charge is 0.404 e. The van der Waals surface area contributed by atoms with Crippen molar-refractivity contribution in [1.29, 1.82) is 0 Å². The minimum atomic E-state index is -1.10. The van der Waals surface area contributed by atoms with Gasteiger partial charge in [-0.2, -0.15) is 0 Å². The molecule has 1 rings (SSSR count). The van der Waals surface area contributed by atoms with Gasteiger partial charge in [-0.15, -0.1) is 0 Å². The second-order valence-corrected chi connectivity index (χ2v) is 3.55. The number of nitrogens with zero attached hydrogens (tertiary/aromatic N) is 1. The van der Waals surface area contributed by atoms with Crippen molar-refractivity contribution in [2.45, 2.75) is 0 Å². The van der Waals surface area contributed by atoms with Crippen molar-refractivity contribution in [2.75, 3.05) is 31.6 Å². The van der Waals surface area contributed by atoms with E-state index < -0.39 is 11.0 Å². The van der Waals surface area contributed by atoms with Crippen molar-refractivity contribution < 1.29 is 19.6 Å². The number of hydrogen-bond acceptors (Lipinski definition) is 5. The Balaban J connectivity index is 2.23. The van der Waals surface area contributed by atoms with Crippen molar-refractivity contribution in [1.82, 2.24) is 5.32 Å². The fourth-order valence-corrected chi connectivity index (χ4v) is 1.37. The van der Waals surface area contributed by atoms with Crippen LogP contribution in [0.1, 0.15) is 0 Å². The van der Waals surface area contributed by atoms with Gasteiger partial charge >= 0.3 is 6.09 Å². The Labute approximate surface area is 109 Å². The largest absolute Gasteiger partial charge is 0.465 e. The first-order valence-electron chi connectivity index (χ1n) is 5.63. The van der Waals surface area contributed by atoms with Crippen LogP contribution in [0.5, 0.6) is 0 Å². The van der Waals surface area contributed by atoms with Crippen LogP contribution in [-0.4, -0.2) is 42.4 Å². The summed E-state index contributed by atoms with van der Waals surface area (Å²) in [6, 6.07) is 6.33. The van der Waals surface area contributed by atoms with Crippen LogP contribution < -0.4 is 10.6 Å². The van der Waals surface area contributed by atoms with E-state index in [1.165, 1.54) is 6.07 Å². The van der Waals surface area contributed by atoms with E-state index in [-0.39, 0.29) is 18.8 Å². The molecule has 0 fully saturated rings. The highest BCUT2D eigenvalue weighted by Crippen LogP contribution is 2.22. The van der Waals surface area contributed by atoms with Crippen LogP contribution in [0.15, 0.2) is 24.3 Å². The molecule has 0 aliphatic rings. The lowest BCUT2D eigenvalue weighted by molar-refractivity contribution is -0.384. The molecule has 0 bridgehead atoms. The molecular formula is C11H15N3O5. The van der Waals surface area contributed by atoms with E-state index in [1.54, 1.807) is 18.2 Å². The zero-order valence-electron chi connectivity index (χ0n) is 10.2. The lowest BCUT2D eigenvalue weighted by Crippen LogP contribution is -2.25.